The molecule has 3 heteroatoms. The van der Waals surface area contributed by atoms with Crippen LogP contribution < -0.4 is 10.5 Å². The van der Waals surface area contributed by atoms with Crippen LogP contribution in [-0.2, 0) is 11.3 Å². The molecule has 0 spiro atoms. The van der Waals surface area contributed by atoms with Crippen LogP contribution >= 0.6 is 0 Å². The first kappa shape index (κ1) is 7.75. The lowest BCUT2D eigenvalue weighted by Gasteiger charge is -1.98. The van der Waals surface area contributed by atoms with Crippen molar-refractivity contribution in [3.05, 3.63) is 29.8 Å². The maximum Gasteiger partial charge on any atom is 0.298 e. The molecule has 0 aromatic heterocycles. The molecule has 2 N–H and O–H groups in total. The number of carbonyl (C=O) groups excluding carboxylic acids is 1. The second kappa shape index (κ2) is 3.73. The van der Waals surface area contributed by atoms with E-state index in [2.05, 4.69) is 4.74 Å². The first-order chi connectivity index (χ1) is 5.36. The van der Waals surface area contributed by atoms with Crippen molar-refractivity contribution >= 4 is 6.47 Å². The Morgan fingerprint density at radius 2 is 2.00 bits per heavy atom. The molecule has 58 valence electrons. The fraction of sp³-hybridized carbons (Fsp3) is 0.125. The predicted octanol–water partition coefficient (Wildman–Crippen LogP) is 0.680. The summed E-state index contributed by atoms with van der Waals surface area (Å²) in [6.45, 7) is 0.902. The van der Waals surface area contributed by atoms with Crippen molar-refractivity contribution in [1.82, 2.24) is 0 Å². The summed E-state index contributed by atoms with van der Waals surface area (Å²) in [4.78, 5) is 9.88. The van der Waals surface area contributed by atoms with Gasteiger partial charge in [-0.05, 0) is 17.7 Å². The van der Waals surface area contributed by atoms with Crippen molar-refractivity contribution in [3.63, 3.8) is 0 Å². The maximum atomic E-state index is 9.88. The van der Waals surface area contributed by atoms with E-state index in [4.69, 9.17) is 5.73 Å². The molecule has 3 nitrogen and oxygen atoms in total. The normalized spacial score (nSPS) is 9.18. The third-order valence-corrected chi connectivity index (χ3v) is 1.34. The van der Waals surface area contributed by atoms with Crippen LogP contribution in [0.25, 0.3) is 0 Å². The topological polar surface area (TPSA) is 52.3 Å². The van der Waals surface area contributed by atoms with Crippen LogP contribution in [0, 0.1) is 0 Å². The molecule has 0 aliphatic rings. The number of carbonyl (C=O) groups is 1. The number of ether oxygens (including phenoxy) is 1. The standard InChI is InChI=1S/C8H9NO2/c9-5-7-1-3-8(4-2-7)11-6-10/h1-4,6H,5,9H2. The van der Waals surface area contributed by atoms with Crippen molar-refractivity contribution in [2.45, 2.75) is 6.54 Å². The van der Waals surface area contributed by atoms with E-state index in [1.807, 2.05) is 12.1 Å². The van der Waals surface area contributed by atoms with Crippen LogP contribution in [0.5, 0.6) is 5.75 Å². The minimum absolute atomic E-state index is 0.400. The molecule has 11 heavy (non-hydrogen) atoms. The van der Waals surface area contributed by atoms with Gasteiger partial charge in [0.05, 0.1) is 0 Å². The minimum atomic E-state index is 0.400. The highest BCUT2D eigenvalue weighted by molar-refractivity contribution is 5.45. The van der Waals surface area contributed by atoms with Gasteiger partial charge in [-0.1, -0.05) is 12.1 Å². The second-order valence-corrected chi connectivity index (χ2v) is 2.06. The molecule has 0 saturated carbocycles. The monoisotopic (exact) mass is 151 g/mol. The van der Waals surface area contributed by atoms with E-state index in [1.165, 1.54) is 0 Å². The lowest BCUT2D eigenvalue weighted by molar-refractivity contribution is -0.120. The molecule has 1 aromatic rings. The Bertz CT molecular complexity index is 230. The van der Waals surface area contributed by atoms with Gasteiger partial charge in [-0.2, -0.15) is 0 Å². The molecule has 1 aromatic carbocycles. The van der Waals surface area contributed by atoms with Gasteiger partial charge < -0.3 is 10.5 Å². The summed E-state index contributed by atoms with van der Waals surface area (Å²) < 4.78 is 4.58. The third kappa shape index (κ3) is 2.05. The molecule has 0 heterocycles. The highest BCUT2D eigenvalue weighted by Crippen LogP contribution is 2.10. The summed E-state index contributed by atoms with van der Waals surface area (Å²) in [5.41, 5.74) is 6.38. The summed E-state index contributed by atoms with van der Waals surface area (Å²) in [7, 11) is 0. The lowest BCUT2D eigenvalue weighted by atomic mass is 10.2. The lowest BCUT2D eigenvalue weighted by Crippen LogP contribution is -1.95. The quantitative estimate of drug-likeness (QED) is 0.646. The van der Waals surface area contributed by atoms with Gasteiger partial charge in [-0.25, -0.2) is 0 Å². The fourth-order valence-corrected chi connectivity index (χ4v) is 0.760. The summed E-state index contributed by atoms with van der Waals surface area (Å²) in [5, 5.41) is 0. The van der Waals surface area contributed by atoms with Gasteiger partial charge in [0, 0.05) is 6.54 Å². The van der Waals surface area contributed by atoms with E-state index < -0.39 is 0 Å². The molecule has 1 rings (SSSR count). The van der Waals surface area contributed by atoms with Crippen molar-refractivity contribution in [1.29, 1.82) is 0 Å². The van der Waals surface area contributed by atoms with Crippen LogP contribution in [0.3, 0.4) is 0 Å². The molecule has 0 aliphatic carbocycles. The van der Waals surface area contributed by atoms with Gasteiger partial charge in [0.25, 0.3) is 6.47 Å². The average Bonchev–Trinajstić information content (AvgIpc) is 2.07. The first-order valence-corrected chi connectivity index (χ1v) is 3.26. The Kier molecular flexibility index (Phi) is 2.63. The Morgan fingerprint density at radius 3 is 2.45 bits per heavy atom. The van der Waals surface area contributed by atoms with E-state index in [0.29, 0.717) is 18.8 Å². The third-order valence-electron chi connectivity index (χ3n) is 1.34. The number of hydrogen-bond donors (Lipinski definition) is 1. The SMILES string of the molecule is NCc1ccc(OC=O)cc1. The van der Waals surface area contributed by atoms with Crippen LogP contribution in [0.15, 0.2) is 24.3 Å². The van der Waals surface area contributed by atoms with E-state index in [-0.39, 0.29) is 0 Å². The molecule has 0 fully saturated rings. The number of hydrogen-bond acceptors (Lipinski definition) is 3. The molecule has 0 unspecified atom stereocenters. The van der Waals surface area contributed by atoms with E-state index in [9.17, 15) is 4.79 Å². The predicted molar refractivity (Wildman–Crippen MR) is 41.0 cm³/mol. The van der Waals surface area contributed by atoms with Crippen molar-refractivity contribution in [2.24, 2.45) is 5.73 Å². The van der Waals surface area contributed by atoms with Gasteiger partial charge in [-0.3, -0.25) is 4.79 Å². The van der Waals surface area contributed by atoms with Gasteiger partial charge in [0.1, 0.15) is 5.75 Å². The van der Waals surface area contributed by atoms with E-state index >= 15 is 0 Å². The first-order valence-electron chi connectivity index (χ1n) is 3.26. The summed E-state index contributed by atoms with van der Waals surface area (Å²) >= 11 is 0. The second-order valence-electron chi connectivity index (χ2n) is 2.06. The molecule has 0 saturated heterocycles. The minimum Gasteiger partial charge on any atom is -0.429 e. The van der Waals surface area contributed by atoms with E-state index in [1.54, 1.807) is 12.1 Å². The zero-order valence-corrected chi connectivity index (χ0v) is 5.99. The zero-order valence-electron chi connectivity index (χ0n) is 5.99. The molecule has 0 aliphatic heterocycles. The highest BCUT2D eigenvalue weighted by Gasteiger charge is 1.91. The summed E-state index contributed by atoms with van der Waals surface area (Å²) in [5.74, 6) is 0.539. The Morgan fingerprint density at radius 1 is 1.36 bits per heavy atom. The Hall–Kier alpha value is -1.35. The maximum absolute atomic E-state index is 9.88. The largest absolute Gasteiger partial charge is 0.429 e. The van der Waals surface area contributed by atoms with Crippen LogP contribution in [0.1, 0.15) is 5.56 Å². The van der Waals surface area contributed by atoms with Crippen molar-refractivity contribution < 1.29 is 9.53 Å². The molecule has 0 radical (unpaired) electrons. The summed E-state index contributed by atoms with van der Waals surface area (Å²) in [6, 6.07) is 7.05. The number of rotatable bonds is 3. The van der Waals surface area contributed by atoms with Crippen LogP contribution in [0.2, 0.25) is 0 Å². The molecule has 0 atom stereocenters. The fourth-order valence-electron chi connectivity index (χ4n) is 0.760. The Labute approximate surface area is 64.8 Å². The average molecular weight is 151 g/mol. The van der Waals surface area contributed by atoms with E-state index in [0.717, 1.165) is 5.56 Å². The van der Waals surface area contributed by atoms with Gasteiger partial charge in [0.15, 0.2) is 0 Å². The molecular formula is C8H9NO2. The smallest absolute Gasteiger partial charge is 0.298 e. The molecular weight excluding hydrogens is 142 g/mol. The van der Waals surface area contributed by atoms with Crippen LogP contribution in [0.4, 0.5) is 0 Å². The van der Waals surface area contributed by atoms with Gasteiger partial charge >= 0.3 is 0 Å². The van der Waals surface area contributed by atoms with Crippen molar-refractivity contribution in [3.8, 4) is 5.75 Å². The van der Waals surface area contributed by atoms with Crippen molar-refractivity contribution in [2.75, 3.05) is 0 Å². The van der Waals surface area contributed by atoms with Gasteiger partial charge in [0.2, 0.25) is 0 Å². The summed E-state index contributed by atoms with van der Waals surface area (Å²) in [6.07, 6.45) is 0. The molecule has 0 bridgehead atoms. The number of benzene rings is 1. The van der Waals surface area contributed by atoms with Gasteiger partial charge in [-0.15, -0.1) is 0 Å². The molecule has 0 amide bonds. The van der Waals surface area contributed by atoms with Crippen LogP contribution in [-0.4, -0.2) is 6.47 Å². The zero-order chi connectivity index (χ0) is 8.10. The number of nitrogens with two attached hydrogens (primary N) is 1. The Balaban J connectivity index is 2.74. The highest BCUT2D eigenvalue weighted by atomic mass is 16.5.